The highest BCUT2D eigenvalue weighted by molar-refractivity contribution is 6.57. The number of hydrogen-bond acceptors (Lipinski definition) is 2. The van der Waals surface area contributed by atoms with Crippen LogP contribution in [-0.2, 0) is 11.2 Å². The molecule has 0 spiro atoms. The van der Waals surface area contributed by atoms with E-state index >= 15 is 0 Å². The highest BCUT2D eigenvalue weighted by atomic mass is 16.4. The molecule has 0 aromatic heterocycles. The number of carboxylic acid groups (broad SMARTS) is 1. The number of nitrogens with one attached hydrogen (secondary N) is 1. The normalized spacial score (nSPS) is 10.7. The molecule has 2 N–H and O–H groups in total. The average molecular weight is 233 g/mol. The third-order valence-electron chi connectivity index (χ3n) is 1.90. The van der Waals surface area contributed by atoms with E-state index < -0.39 is 17.8 Å². The number of carbonyl (C=O) groups is 2. The second-order valence-electron chi connectivity index (χ2n) is 3.09. The first-order valence-electron chi connectivity index (χ1n) is 5.42. The van der Waals surface area contributed by atoms with E-state index in [2.05, 4.69) is 5.32 Å². The van der Waals surface area contributed by atoms with Crippen LogP contribution in [0, 0.1) is 0 Å². The van der Waals surface area contributed by atoms with E-state index in [-0.39, 0.29) is 6.42 Å². The number of aliphatic carboxylic acids is 1. The van der Waals surface area contributed by atoms with Gasteiger partial charge in [-0.25, -0.2) is 4.79 Å². The summed E-state index contributed by atoms with van der Waals surface area (Å²) in [6.45, 7) is 4.00. The first-order chi connectivity index (χ1) is 8.09. The molecule has 0 aliphatic heterocycles. The number of benzene rings is 1. The van der Waals surface area contributed by atoms with Gasteiger partial charge < -0.3 is 10.4 Å². The largest absolute Gasteiger partial charge is 0.480 e. The summed E-state index contributed by atoms with van der Waals surface area (Å²) < 4.78 is 0. The van der Waals surface area contributed by atoms with E-state index in [1.807, 2.05) is 19.9 Å². The van der Waals surface area contributed by atoms with Crippen LogP contribution < -0.4 is 5.32 Å². The fourth-order valence-electron chi connectivity index (χ4n) is 1.22. The molecule has 1 aromatic carbocycles. The van der Waals surface area contributed by atoms with Crippen LogP contribution in [0.4, 0.5) is 4.79 Å². The summed E-state index contributed by atoms with van der Waals surface area (Å²) in [5.41, 5.74) is 0.832. The van der Waals surface area contributed by atoms with Gasteiger partial charge in [0.1, 0.15) is 6.04 Å². The van der Waals surface area contributed by atoms with Gasteiger partial charge in [-0.2, -0.15) is 0 Å². The molecule has 1 amide bonds. The quantitative estimate of drug-likeness (QED) is 0.776. The molecule has 0 heterocycles. The molecule has 1 aromatic rings. The molecule has 1 rings (SSSR count). The van der Waals surface area contributed by atoms with Crippen LogP contribution in [0.2, 0.25) is 0 Å². The Morgan fingerprint density at radius 2 is 1.82 bits per heavy atom. The highest BCUT2D eigenvalue weighted by Gasteiger charge is 2.17. The van der Waals surface area contributed by atoms with Gasteiger partial charge in [0.25, 0.3) is 0 Å². The predicted molar refractivity (Wildman–Crippen MR) is 67.2 cm³/mol. The Morgan fingerprint density at radius 1 is 1.29 bits per heavy atom. The van der Waals surface area contributed by atoms with Crippen molar-refractivity contribution in [3.8, 4) is 0 Å². The number of carboxylic acids is 1. The Morgan fingerprint density at radius 3 is 2.24 bits per heavy atom. The Balaban J connectivity index is 0.00000121. The summed E-state index contributed by atoms with van der Waals surface area (Å²) in [4.78, 5) is 21.3. The van der Waals surface area contributed by atoms with Crippen molar-refractivity contribution in [3.05, 3.63) is 35.9 Å². The molecular formula is C12H16BNO3. The summed E-state index contributed by atoms with van der Waals surface area (Å²) in [6, 6.07) is 8.04. The van der Waals surface area contributed by atoms with Gasteiger partial charge >= 0.3 is 5.97 Å². The molecule has 5 heteroatoms. The molecular weight excluding hydrogens is 217 g/mol. The van der Waals surface area contributed by atoms with Gasteiger partial charge in [0.2, 0.25) is 7.85 Å². The summed E-state index contributed by atoms with van der Waals surface area (Å²) >= 11 is 0. The molecule has 0 aliphatic carbocycles. The topological polar surface area (TPSA) is 66.4 Å². The van der Waals surface area contributed by atoms with Gasteiger partial charge in [-0.05, 0) is 5.56 Å². The fourth-order valence-corrected chi connectivity index (χ4v) is 1.22. The number of hydrogen-bond donors (Lipinski definition) is 2. The van der Waals surface area contributed by atoms with Gasteiger partial charge in [-0.1, -0.05) is 44.2 Å². The van der Waals surface area contributed by atoms with E-state index in [0.29, 0.717) is 0 Å². The average Bonchev–Trinajstić information content (AvgIpc) is 2.31. The summed E-state index contributed by atoms with van der Waals surface area (Å²) in [5.74, 6) is -1.93. The predicted octanol–water partition coefficient (Wildman–Crippen LogP) is 1.59. The van der Waals surface area contributed by atoms with Crippen molar-refractivity contribution in [2.45, 2.75) is 26.3 Å². The van der Waals surface area contributed by atoms with Crippen LogP contribution in [0.15, 0.2) is 30.3 Å². The van der Waals surface area contributed by atoms with Crippen molar-refractivity contribution in [1.29, 1.82) is 0 Å². The van der Waals surface area contributed by atoms with Crippen molar-refractivity contribution in [1.82, 2.24) is 5.32 Å². The van der Waals surface area contributed by atoms with E-state index in [1.54, 1.807) is 24.3 Å². The smallest absolute Gasteiger partial charge is 0.326 e. The molecule has 90 valence electrons. The Kier molecular flexibility index (Phi) is 7.51. The van der Waals surface area contributed by atoms with Crippen molar-refractivity contribution < 1.29 is 14.7 Å². The molecule has 0 unspecified atom stereocenters. The maximum absolute atomic E-state index is 10.8. The number of amides is 1. The maximum Gasteiger partial charge on any atom is 0.326 e. The molecule has 2 radical (unpaired) electrons. The van der Waals surface area contributed by atoms with E-state index in [1.165, 1.54) is 0 Å². The lowest BCUT2D eigenvalue weighted by atomic mass is 10.0. The van der Waals surface area contributed by atoms with Gasteiger partial charge in [-0.3, -0.25) is 4.79 Å². The third kappa shape index (κ3) is 6.40. The molecule has 17 heavy (non-hydrogen) atoms. The molecule has 1 atom stereocenters. The highest BCUT2D eigenvalue weighted by Crippen LogP contribution is 2.03. The minimum atomic E-state index is -1.10. The second-order valence-corrected chi connectivity index (χ2v) is 3.09. The van der Waals surface area contributed by atoms with Crippen LogP contribution in [0.25, 0.3) is 0 Å². The molecule has 0 aliphatic rings. The van der Waals surface area contributed by atoms with E-state index in [4.69, 9.17) is 13.0 Å². The first kappa shape index (κ1) is 15.2. The van der Waals surface area contributed by atoms with Gasteiger partial charge in [-0.15, -0.1) is 0 Å². The third-order valence-corrected chi connectivity index (χ3v) is 1.90. The van der Waals surface area contributed by atoms with Crippen LogP contribution in [0.3, 0.4) is 0 Å². The Hall–Kier alpha value is -1.78. The zero-order chi connectivity index (χ0) is 13.3. The van der Waals surface area contributed by atoms with E-state index in [0.717, 1.165) is 5.56 Å². The lowest BCUT2D eigenvalue weighted by molar-refractivity contribution is -0.139. The summed E-state index contributed by atoms with van der Waals surface area (Å²) in [5, 5.41) is 11.0. The first-order valence-corrected chi connectivity index (χ1v) is 5.42. The zero-order valence-corrected chi connectivity index (χ0v) is 10.0. The van der Waals surface area contributed by atoms with Crippen molar-refractivity contribution in [3.63, 3.8) is 0 Å². The van der Waals surface area contributed by atoms with Crippen molar-refractivity contribution in [2.24, 2.45) is 0 Å². The molecule has 0 saturated heterocycles. The minimum absolute atomic E-state index is 0.221. The SMILES string of the molecule is CC.[B]C(=O)N[C@@H](Cc1ccccc1)C(=O)O. The van der Waals surface area contributed by atoms with Crippen LogP contribution >= 0.6 is 0 Å². The summed E-state index contributed by atoms with van der Waals surface area (Å²) in [6.07, 6.45) is 0.221. The number of carbonyl (C=O) groups excluding carboxylic acids is 1. The minimum Gasteiger partial charge on any atom is -0.480 e. The number of rotatable bonds is 4. The summed E-state index contributed by atoms with van der Waals surface area (Å²) in [7, 11) is 4.87. The van der Waals surface area contributed by atoms with Gasteiger partial charge in [0.05, 0.1) is 0 Å². The lowest BCUT2D eigenvalue weighted by Gasteiger charge is -2.13. The Labute approximate surface area is 102 Å². The lowest BCUT2D eigenvalue weighted by Crippen LogP contribution is -2.41. The monoisotopic (exact) mass is 233 g/mol. The fraction of sp³-hybridized carbons (Fsp3) is 0.333. The standard InChI is InChI=1S/C10H10BNO3.C2H6/c11-10(15)12-8(9(13)14)6-7-4-2-1-3-5-7;1-2/h1-5,8H,6H2,(H,12,15)(H,13,14);1-2H3/t8-;/m0./s1. The van der Waals surface area contributed by atoms with Crippen LogP contribution in [-0.4, -0.2) is 30.8 Å². The van der Waals surface area contributed by atoms with E-state index in [9.17, 15) is 9.59 Å². The van der Waals surface area contributed by atoms with Gasteiger partial charge in [0, 0.05) is 6.42 Å². The molecule has 0 bridgehead atoms. The molecule has 0 saturated carbocycles. The molecule has 4 nitrogen and oxygen atoms in total. The maximum atomic E-state index is 10.8. The second kappa shape index (κ2) is 8.39. The van der Waals surface area contributed by atoms with Crippen molar-refractivity contribution in [2.75, 3.05) is 0 Å². The van der Waals surface area contributed by atoms with Gasteiger partial charge in [0.15, 0.2) is 5.81 Å². The zero-order valence-electron chi connectivity index (χ0n) is 10.0. The van der Waals surface area contributed by atoms with Crippen LogP contribution in [0.5, 0.6) is 0 Å². The van der Waals surface area contributed by atoms with Crippen molar-refractivity contribution >= 4 is 19.6 Å². The Bertz CT molecular complexity index is 354. The van der Waals surface area contributed by atoms with Crippen LogP contribution in [0.1, 0.15) is 19.4 Å². The molecule has 0 fully saturated rings.